The fourth-order valence-electron chi connectivity index (χ4n) is 0.510. The highest BCUT2D eigenvalue weighted by Crippen LogP contribution is 1.96. The third kappa shape index (κ3) is 3.80. The SMILES string of the molecule is CCOC(=O)OC(C)C(=O)OC. The van der Waals surface area contributed by atoms with Gasteiger partial charge in [0, 0.05) is 0 Å². The van der Waals surface area contributed by atoms with Gasteiger partial charge in [-0.3, -0.25) is 0 Å². The first-order valence-corrected chi connectivity index (χ1v) is 3.53. The Morgan fingerprint density at radius 3 is 2.42 bits per heavy atom. The molecule has 1 atom stereocenters. The van der Waals surface area contributed by atoms with Crippen LogP contribution in [0.5, 0.6) is 0 Å². The van der Waals surface area contributed by atoms with Crippen molar-refractivity contribution in [3.63, 3.8) is 0 Å². The van der Waals surface area contributed by atoms with E-state index >= 15 is 0 Å². The van der Waals surface area contributed by atoms with Crippen LogP contribution in [0.15, 0.2) is 0 Å². The van der Waals surface area contributed by atoms with Crippen LogP contribution in [0.25, 0.3) is 0 Å². The van der Waals surface area contributed by atoms with Gasteiger partial charge in [-0.05, 0) is 13.8 Å². The third-order valence-electron chi connectivity index (χ3n) is 1.07. The molecule has 70 valence electrons. The van der Waals surface area contributed by atoms with E-state index in [2.05, 4.69) is 14.2 Å². The van der Waals surface area contributed by atoms with Crippen molar-refractivity contribution in [2.45, 2.75) is 20.0 Å². The molecule has 0 radical (unpaired) electrons. The van der Waals surface area contributed by atoms with E-state index in [0.29, 0.717) is 0 Å². The summed E-state index contributed by atoms with van der Waals surface area (Å²) in [6.07, 6.45) is -1.79. The first kappa shape index (κ1) is 10.7. The lowest BCUT2D eigenvalue weighted by Gasteiger charge is -2.09. The van der Waals surface area contributed by atoms with Gasteiger partial charge in [0.2, 0.25) is 0 Å². The Hall–Kier alpha value is -1.26. The van der Waals surface area contributed by atoms with Crippen molar-refractivity contribution in [2.24, 2.45) is 0 Å². The zero-order valence-electron chi connectivity index (χ0n) is 7.33. The summed E-state index contributed by atoms with van der Waals surface area (Å²) in [6.45, 7) is 3.26. The van der Waals surface area contributed by atoms with Crippen LogP contribution in [0.1, 0.15) is 13.8 Å². The van der Waals surface area contributed by atoms with E-state index in [0.717, 1.165) is 0 Å². The topological polar surface area (TPSA) is 61.8 Å². The first-order chi connectivity index (χ1) is 5.61. The number of carbonyl (C=O) groups is 2. The smallest absolute Gasteiger partial charge is 0.466 e. The molecule has 0 aromatic carbocycles. The molecule has 0 saturated heterocycles. The van der Waals surface area contributed by atoms with Crippen molar-refractivity contribution in [1.82, 2.24) is 0 Å². The average molecular weight is 176 g/mol. The number of rotatable bonds is 3. The van der Waals surface area contributed by atoms with Gasteiger partial charge in [-0.15, -0.1) is 0 Å². The van der Waals surface area contributed by atoms with Crippen molar-refractivity contribution in [2.75, 3.05) is 13.7 Å². The summed E-state index contributed by atoms with van der Waals surface area (Å²) in [5, 5.41) is 0. The largest absolute Gasteiger partial charge is 0.509 e. The summed E-state index contributed by atoms with van der Waals surface area (Å²) in [4.78, 5) is 21.3. The molecule has 12 heavy (non-hydrogen) atoms. The Morgan fingerprint density at radius 1 is 1.42 bits per heavy atom. The molecular weight excluding hydrogens is 164 g/mol. The van der Waals surface area contributed by atoms with E-state index in [9.17, 15) is 9.59 Å². The summed E-state index contributed by atoms with van der Waals surface area (Å²) < 4.78 is 13.3. The van der Waals surface area contributed by atoms with Gasteiger partial charge in [-0.25, -0.2) is 9.59 Å². The van der Waals surface area contributed by atoms with Crippen LogP contribution in [0.4, 0.5) is 4.79 Å². The summed E-state index contributed by atoms with van der Waals surface area (Å²) in [5.74, 6) is -0.608. The summed E-state index contributed by atoms with van der Waals surface area (Å²) in [7, 11) is 1.22. The van der Waals surface area contributed by atoms with E-state index in [1.54, 1.807) is 6.92 Å². The van der Waals surface area contributed by atoms with Crippen molar-refractivity contribution in [1.29, 1.82) is 0 Å². The van der Waals surface area contributed by atoms with Gasteiger partial charge in [0.05, 0.1) is 13.7 Å². The maximum atomic E-state index is 10.7. The van der Waals surface area contributed by atoms with Crippen molar-refractivity contribution < 1.29 is 23.8 Å². The zero-order valence-corrected chi connectivity index (χ0v) is 7.33. The minimum absolute atomic E-state index is 0.215. The highest BCUT2D eigenvalue weighted by atomic mass is 16.7. The molecule has 1 unspecified atom stereocenters. The Kier molecular flexibility index (Phi) is 4.83. The predicted octanol–water partition coefficient (Wildman–Crippen LogP) is 0.721. The van der Waals surface area contributed by atoms with Crippen LogP contribution < -0.4 is 0 Å². The fraction of sp³-hybridized carbons (Fsp3) is 0.714. The Balaban J connectivity index is 3.75. The van der Waals surface area contributed by atoms with Gasteiger partial charge in [0.15, 0.2) is 6.10 Å². The van der Waals surface area contributed by atoms with Gasteiger partial charge in [0.1, 0.15) is 0 Å². The van der Waals surface area contributed by atoms with E-state index in [-0.39, 0.29) is 6.61 Å². The standard InChI is InChI=1S/C7H12O5/c1-4-11-7(9)12-5(2)6(8)10-3/h5H,4H2,1-3H3. The fourth-order valence-corrected chi connectivity index (χ4v) is 0.510. The molecule has 0 amide bonds. The van der Waals surface area contributed by atoms with Crippen LogP contribution in [0, 0.1) is 0 Å². The molecular formula is C7H12O5. The van der Waals surface area contributed by atoms with E-state index < -0.39 is 18.2 Å². The summed E-state index contributed by atoms with van der Waals surface area (Å²) in [5.41, 5.74) is 0. The molecule has 0 bridgehead atoms. The normalized spacial score (nSPS) is 11.6. The second-order valence-corrected chi connectivity index (χ2v) is 1.97. The number of methoxy groups -OCH3 is 1. The van der Waals surface area contributed by atoms with Crippen molar-refractivity contribution >= 4 is 12.1 Å². The van der Waals surface area contributed by atoms with Crippen LogP contribution in [-0.4, -0.2) is 31.9 Å². The van der Waals surface area contributed by atoms with Crippen LogP contribution >= 0.6 is 0 Å². The number of esters is 1. The van der Waals surface area contributed by atoms with Crippen LogP contribution in [-0.2, 0) is 19.0 Å². The molecule has 0 rings (SSSR count). The molecule has 0 fully saturated rings. The highest BCUT2D eigenvalue weighted by Gasteiger charge is 2.18. The summed E-state index contributed by atoms with van der Waals surface area (Å²) in [6, 6.07) is 0. The Labute approximate surface area is 70.6 Å². The lowest BCUT2D eigenvalue weighted by atomic mass is 10.4. The van der Waals surface area contributed by atoms with E-state index in [1.165, 1.54) is 14.0 Å². The lowest BCUT2D eigenvalue weighted by Crippen LogP contribution is -2.25. The Bertz CT molecular complexity index is 165. The Morgan fingerprint density at radius 2 is 2.00 bits per heavy atom. The second-order valence-electron chi connectivity index (χ2n) is 1.97. The molecule has 0 saturated carbocycles. The molecule has 0 aliphatic rings. The monoisotopic (exact) mass is 176 g/mol. The maximum Gasteiger partial charge on any atom is 0.509 e. The van der Waals surface area contributed by atoms with Crippen molar-refractivity contribution in [3.8, 4) is 0 Å². The van der Waals surface area contributed by atoms with Gasteiger partial charge in [0.25, 0.3) is 0 Å². The molecule has 0 aromatic heterocycles. The molecule has 0 heterocycles. The third-order valence-corrected chi connectivity index (χ3v) is 1.07. The number of carbonyl (C=O) groups excluding carboxylic acids is 2. The molecule has 0 aromatic rings. The molecule has 0 spiro atoms. The van der Waals surface area contributed by atoms with Crippen LogP contribution in [0.2, 0.25) is 0 Å². The van der Waals surface area contributed by atoms with Gasteiger partial charge in [-0.2, -0.15) is 0 Å². The minimum atomic E-state index is -0.922. The zero-order chi connectivity index (χ0) is 9.56. The second kappa shape index (κ2) is 5.40. The maximum absolute atomic E-state index is 10.7. The molecule has 5 heteroatoms. The van der Waals surface area contributed by atoms with Crippen molar-refractivity contribution in [3.05, 3.63) is 0 Å². The first-order valence-electron chi connectivity index (χ1n) is 3.53. The van der Waals surface area contributed by atoms with E-state index in [4.69, 9.17) is 0 Å². The number of hydrogen-bond donors (Lipinski definition) is 0. The molecule has 5 nitrogen and oxygen atoms in total. The molecule has 0 aliphatic heterocycles. The van der Waals surface area contributed by atoms with Gasteiger partial charge < -0.3 is 14.2 Å². The molecule has 0 aliphatic carbocycles. The van der Waals surface area contributed by atoms with E-state index in [1.807, 2.05) is 0 Å². The highest BCUT2D eigenvalue weighted by molar-refractivity contribution is 5.76. The van der Waals surface area contributed by atoms with Crippen LogP contribution in [0.3, 0.4) is 0 Å². The minimum Gasteiger partial charge on any atom is -0.466 e. The van der Waals surface area contributed by atoms with Gasteiger partial charge in [-0.1, -0.05) is 0 Å². The van der Waals surface area contributed by atoms with Gasteiger partial charge >= 0.3 is 12.1 Å². The predicted molar refractivity (Wildman–Crippen MR) is 39.6 cm³/mol. The number of hydrogen-bond acceptors (Lipinski definition) is 5. The number of ether oxygens (including phenoxy) is 3. The molecule has 0 N–H and O–H groups in total. The lowest BCUT2D eigenvalue weighted by molar-refractivity contribution is -0.150. The average Bonchev–Trinajstić information content (AvgIpc) is 2.03. The quantitative estimate of drug-likeness (QED) is 0.593. The summed E-state index contributed by atoms with van der Waals surface area (Å²) >= 11 is 0.